The molecule has 5 nitrogen and oxygen atoms in total. The first kappa shape index (κ1) is 15.4. The maximum atomic E-state index is 12.2. The highest BCUT2D eigenvalue weighted by Crippen LogP contribution is 2.16. The molecule has 0 atom stereocenters. The number of amides is 1. The third-order valence-electron chi connectivity index (χ3n) is 2.89. The lowest BCUT2D eigenvalue weighted by Crippen LogP contribution is -2.43. The largest absolute Gasteiger partial charge is 0.396 e. The summed E-state index contributed by atoms with van der Waals surface area (Å²) in [6, 6.07) is 0. The molecule has 19 heavy (non-hydrogen) atoms. The van der Waals surface area contributed by atoms with Gasteiger partial charge in [0.1, 0.15) is 5.82 Å². The molecule has 0 radical (unpaired) electrons. The minimum Gasteiger partial charge on any atom is -0.396 e. The Hall–Kier alpha value is -1.65. The Bertz CT molecular complexity index is 455. The predicted molar refractivity (Wildman–Crippen MR) is 77.0 cm³/mol. The maximum Gasteiger partial charge on any atom is 0.272 e. The van der Waals surface area contributed by atoms with Crippen molar-refractivity contribution in [1.82, 2.24) is 15.3 Å². The molecule has 0 aliphatic carbocycles. The van der Waals surface area contributed by atoms with E-state index in [9.17, 15) is 4.79 Å². The highest BCUT2D eigenvalue weighted by Gasteiger charge is 2.23. The monoisotopic (exact) mass is 264 g/mol. The zero-order chi connectivity index (χ0) is 14.6. The molecule has 0 bridgehead atoms. The Balaban J connectivity index is 2.96. The van der Waals surface area contributed by atoms with Crippen LogP contribution in [0.2, 0.25) is 0 Å². The van der Waals surface area contributed by atoms with Crippen LogP contribution in [0.15, 0.2) is 6.20 Å². The van der Waals surface area contributed by atoms with Crippen LogP contribution in [-0.4, -0.2) is 21.4 Å². The van der Waals surface area contributed by atoms with Gasteiger partial charge in [-0.25, -0.2) is 9.97 Å². The topological polar surface area (TPSA) is 80.9 Å². The first-order valence-corrected chi connectivity index (χ1v) is 6.71. The molecule has 3 N–H and O–H groups in total. The predicted octanol–water partition coefficient (Wildman–Crippen LogP) is 2.49. The van der Waals surface area contributed by atoms with Gasteiger partial charge < -0.3 is 11.1 Å². The maximum absolute atomic E-state index is 12.2. The molecule has 0 saturated heterocycles. The van der Waals surface area contributed by atoms with E-state index in [1.54, 1.807) is 0 Å². The molecule has 5 heteroatoms. The van der Waals surface area contributed by atoms with Crippen LogP contribution in [0.1, 0.15) is 69.7 Å². The van der Waals surface area contributed by atoms with Crippen molar-refractivity contribution in [3.05, 3.63) is 17.7 Å². The van der Waals surface area contributed by atoms with E-state index in [2.05, 4.69) is 22.2 Å². The molecule has 1 amide bonds. The summed E-state index contributed by atoms with van der Waals surface area (Å²) in [5.41, 5.74) is 6.12. The lowest BCUT2D eigenvalue weighted by molar-refractivity contribution is 0.0904. The van der Waals surface area contributed by atoms with Gasteiger partial charge in [0.25, 0.3) is 5.91 Å². The summed E-state index contributed by atoms with van der Waals surface area (Å²) < 4.78 is 0. The molecule has 0 aliphatic rings. The molecule has 1 rings (SSSR count). The number of nitrogens with two attached hydrogens (primary N) is 1. The van der Waals surface area contributed by atoms with Gasteiger partial charge in [-0.2, -0.15) is 0 Å². The van der Waals surface area contributed by atoms with Crippen LogP contribution >= 0.6 is 0 Å². The Kier molecular flexibility index (Phi) is 4.86. The van der Waals surface area contributed by atoms with Crippen molar-refractivity contribution in [3.63, 3.8) is 0 Å². The third kappa shape index (κ3) is 4.19. The molecule has 1 aromatic rings. The summed E-state index contributed by atoms with van der Waals surface area (Å²) in [5.74, 6) is 0.559. The number of rotatable bonds is 5. The molecule has 106 valence electrons. The van der Waals surface area contributed by atoms with E-state index >= 15 is 0 Å². The minimum atomic E-state index is -0.263. The molecule has 1 heterocycles. The van der Waals surface area contributed by atoms with Crippen molar-refractivity contribution in [3.8, 4) is 0 Å². The van der Waals surface area contributed by atoms with Gasteiger partial charge in [0.05, 0.1) is 11.9 Å². The van der Waals surface area contributed by atoms with Crippen molar-refractivity contribution in [2.45, 2.75) is 58.9 Å². The third-order valence-corrected chi connectivity index (χ3v) is 2.89. The van der Waals surface area contributed by atoms with Gasteiger partial charge in [-0.05, 0) is 20.3 Å². The van der Waals surface area contributed by atoms with Crippen molar-refractivity contribution < 1.29 is 4.79 Å². The molecule has 1 aromatic heterocycles. The van der Waals surface area contributed by atoms with E-state index in [0.717, 1.165) is 12.8 Å². The molecular weight excluding hydrogens is 240 g/mol. The van der Waals surface area contributed by atoms with Gasteiger partial charge in [0.2, 0.25) is 0 Å². The standard InChI is InChI=1S/C14H24N4O/c1-6-7-14(4,5)18-13(19)11-10(15)8-16-12(17-11)9(2)3/h8-9H,6-7,15H2,1-5H3,(H,18,19). The second kappa shape index (κ2) is 5.99. The van der Waals surface area contributed by atoms with Crippen molar-refractivity contribution in [1.29, 1.82) is 0 Å². The lowest BCUT2D eigenvalue weighted by atomic mass is 9.98. The van der Waals surface area contributed by atoms with E-state index in [1.165, 1.54) is 6.20 Å². The highest BCUT2D eigenvalue weighted by molar-refractivity contribution is 5.97. The average molecular weight is 264 g/mol. The fraction of sp³-hybridized carbons (Fsp3) is 0.643. The fourth-order valence-electron chi connectivity index (χ4n) is 1.92. The van der Waals surface area contributed by atoms with Crippen LogP contribution < -0.4 is 11.1 Å². The molecular formula is C14H24N4O. The van der Waals surface area contributed by atoms with E-state index in [0.29, 0.717) is 11.5 Å². The molecule has 0 saturated carbocycles. The van der Waals surface area contributed by atoms with E-state index < -0.39 is 0 Å². The van der Waals surface area contributed by atoms with E-state index in [1.807, 2.05) is 27.7 Å². The normalized spacial score (nSPS) is 11.7. The van der Waals surface area contributed by atoms with Crippen LogP contribution in [0.4, 0.5) is 5.69 Å². The smallest absolute Gasteiger partial charge is 0.272 e. The van der Waals surface area contributed by atoms with Gasteiger partial charge in [0.15, 0.2) is 5.69 Å². The average Bonchev–Trinajstić information content (AvgIpc) is 2.28. The summed E-state index contributed by atoms with van der Waals surface area (Å²) in [4.78, 5) is 20.7. The number of hydrogen-bond acceptors (Lipinski definition) is 4. The number of nitrogens with one attached hydrogen (secondary N) is 1. The Morgan fingerprint density at radius 2 is 2.11 bits per heavy atom. The number of carbonyl (C=O) groups excluding carboxylic acids is 1. The Morgan fingerprint density at radius 1 is 1.47 bits per heavy atom. The number of hydrogen-bond donors (Lipinski definition) is 2. The van der Waals surface area contributed by atoms with Gasteiger partial charge in [-0.3, -0.25) is 4.79 Å². The minimum absolute atomic E-state index is 0.163. The van der Waals surface area contributed by atoms with E-state index in [4.69, 9.17) is 5.73 Å². The number of aromatic nitrogens is 2. The molecule has 0 unspecified atom stereocenters. The summed E-state index contributed by atoms with van der Waals surface area (Å²) in [7, 11) is 0. The zero-order valence-corrected chi connectivity index (χ0v) is 12.4. The Morgan fingerprint density at radius 3 is 2.63 bits per heavy atom. The van der Waals surface area contributed by atoms with Gasteiger partial charge in [-0.15, -0.1) is 0 Å². The van der Waals surface area contributed by atoms with Crippen LogP contribution in [0.25, 0.3) is 0 Å². The van der Waals surface area contributed by atoms with Crippen LogP contribution in [0.5, 0.6) is 0 Å². The SMILES string of the molecule is CCCC(C)(C)NC(=O)c1nc(C(C)C)ncc1N. The second-order valence-corrected chi connectivity index (χ2v) is 5.77. The Labute approximate surface area is 115 Å². The zero-order valence-electron chi connectivity index (χ0n) is 12.4. The first-order chi connectivity index (χ1) is 8.76. The summed E-state index contributed by atoms with van der Waals surface area (Å²) >= 11 is 0. The lowest BCUT2D eigenvalue weighted by Gasteiger charge is -2.25. The second-order valence-electron chi connectivity index (χ2n) is 5.77. The van der Waals surface area contributed by atoms with Gasteiger partial charge >= 0.3 is 0 Å². The molecule has 0 aromatic carbocycles. The van der Waals surface area contributed by atoms with Crippen LogP contribution in [0.3, 0.4) is 0 Å². The van der Waals surface area contributed by atoms with Crippen molar-refractivity contribution in [2.24, 2.45) is 0 Å². The number of nitrogens with zero attached hydrogens (tertiary/aromatic N) is 2. The van der Waals surface area contributed by atoms with Crippen molar-refractivity contribution in [2.75, 3.05) is 5.73 Å². The molecule has 0 spiro atoms. The summed E-state index contributed by atoms with van der Waals surface area (Å²) in [6.07, 6.45) is 3.41. The summed E-state index contributed by atoms with van der Waals surface area (Å²) in [6.45, 7) is 10.0. The van der Waals surface area contributed by atoms with Gasteiger partial charge in [0, 0.05) is 11.5 Å². The summed E-state index contributed by atoms with van der Waals surface area (Å²) in [5, 5.41) is 2.97. The number of nitrogen functional groups attached to an aromatic ring is 1. The number of carbonyl (C=O) groups is 1. The van der Waals surface area contributed by atoms with Gasteiger partial charge in [-0.1, -0.05) is 27.2 Å². The fourth-order valence-corrected chi connectivity index (χ4v) is 1.92. The quantitative estimate of drug-likeness (QED) is 0.856. The van der Waals surface area contributed by atoms with Crippen LogP contribution in [0, 0.1) is 0 Å². The van der Waals surface area contributed by atoms with Crippen molar-refractivity contribution >= 4 is 11.6 Å². The highest BCUT2D eigenvalue weighted by atomic mass is 16.2. The first-order valence-electron chi connectivity index (χ1n) is 6.71. The molecule has 0 fully saturated rings. The molecule has 0 aliphatic heterocycles. The number of anilines is 1. The van der Waals surface area contributed by atoms with E-state index in [-0.39, 0.29) is 23.1 Å². The van der Waals surface area contributed by atoms with Crippen LogP contribution in [-0.2, 0) is 0 Å².